The molecular weight excluding hydrogens is 200 g/mol. The lowest BCUT2D eigenvalue weighted by Gasteiger charge is -2.06. The summed E-state index contributed by atoms with van der Waals surface area (Å²) in [5.74, 6) is -1.07. The number of nitrogens with one attached hydrogen (secondary N) is 2. The molecule has 0 bridgehead atoms. The number of ether oxygens (including phenoxy) is 1. The minimum absolute atomic E-state index is 0.372. The van der Waals surface area contributed by atoms with Crippen molar-refractivity contribution in [2.75, 3.05) is 26.3 Å². The van der Waals surface area contributed by atoms with Crippen LogP contribution in [0, 0.1) is 0 Å². The van der Waals surface area contributed by atoms with Gasteiger partial charge in [-0.25, -0.2) is 4.79 Å². The van der Waals surface area contributed by atoms with Gasteiger partial charge in [0.1, 0.15) is 6.54 Å². The second-order valence-electron chi connectivity index (χ2n) is 2.97. The zero-order valence-corrected chi connectivity index (χ0v) is 8.91. The van der Waals surface area contributed by atoms with E-state index in [9.17, 15) is 9.59 Å². The van der Waals surface area contributed by atoms with Crippen LogP contribution in [0.1, 0.15) is 19.8 Å². The van der Waals surface area contributed by atoms with Crippen molar-refractivity contribution >= 4 is 12.0 Å². The van der Waals surface area contributed by atoms with Gasteiger partial charge in [0, 0.05) is 13.2 Å². The number of unbranched alkanes of at least 4 members (excludes halogenated alkanes) is 1. The van der Waals surface area contributed by atoms with Crippen LogP contribution in [0.2, 0.25) is 0 Å². The number of carbonyl (C=O) groups is 2. The van der Waals surface area contributed by atoms with E-state index >= 15 is 0 Å². The largest absolute Gasteiger partial charge is 0.480 e. The topological polar surface area (TPSA) is 87.7 Å². The highest BCUT2D eigenvalue weighted by molar-refractivity contribution is 5.79. The molecule has 0 aromatic heterocycles. The molecule has 0 spiro atoms. The minimum atomic E-state index is -1.07. The second kappa shape index (κ2) is 9.26. The minimum Gasteiger partial charge on any atom is -0.480 e. The maximum atomic E-state index is 10.9. The normalized spacial score (nSPS) is 9.67. The van der Waals surface area contributed by atoms with Crippen LogP contribution in [0.5, 0.6) is 0 Å². The Morgan fingerprint density at radius 2 is 2.00 bits per heavy atom. The first-order valence-corrected chi connectivity index (χ1v) is 4.98. The molecule has 0 saturated heterocycles. The maximum Gasteiger partial charge on any atom is 0.323 e. The molecule has 0 aromatic carbocycles. The molecule has 6 heteroatoms. The lowest BCUT2D eigenvalue weighted by Crippen LogP contribution is -2.39. The summed E-state index contributed by atoms with van der Waals surface area (Å²) >= 11 is 0. The summed E-state index contributed by atoms with van der Waals surface area (Å²) in [7, 11) is 0. The van der Waals surface area contributed by atoms with E-state index in [4.69, 9.17) is 9.84 Å². The smallest absolute Gasteiger partial charge is 0.323 e. The van der Waals surface area contributed by atoms with E-state index in [2.05, 4.69) is 17.6 Å². The molecule has 0 aliphatic heterocycles. The van der Waals surface area contributed by atoms with Gasteiger partial charge < -0.3 is 20.5 Å². The molecule has 0 heterocycles. The summed E-state index contributed by atoms with van der Waals surface area (Å²) in [4.78, 5) is 21.0. The van der Waals surface area contributed by atoms with Gasteiger partial charge in [-0.3, -0.25) is 4.79 Å². The van der Waals surface area contributed by atoms with Crippen LogP contribution in [0.3, 0.4) is 0 Å². The van der Waals surface area contributed by atoms with E-state index in [0.717, 1.165) is 12.8 Å². The van der Waals surface area contributed by atoms with Gasteiger partial charge in [-0.2, -0.15) is 0 Å². The van der Waals surface area contributed by atoms with Crippen LogP contribution < -0.4 is 10.6 Å². The molecule has 0 radical (unpaired) electrons. The lowest BCUT2D eigenvalue weighted by molar-refractivity contribution is -0.135. The zero-order valence-electron chi connectivity index (χ0n) is 8.91. The molecule has 0 aliphatic rings. The Labute approximate surface area is 89.0 Å². The van der Waals surface area contributed by atoms with Gasteiger partial charge >= 0.3 is 12.0 Å². The van der Waals surface area contributed by atoms with Gasteiger partial charge in [0.05, 0.1) is 6.61 Å². The molecule has 6 nitrogen and oxygen atoms in total. The maximum absolute atomic E-state index is 10.9. The fourth-order valence-electron chi connectivity index (χ4n) is 0.804. The molecule has 88 valence electrons. The molecule has 0 aliphatic carbocycles. The van der Waals surface area contributed by atoms with Crippen LogP contribution in [-0.4, -0.2) is 43.4 Å². The van der Waals surface area contributed by atoms with Crippen molar-refractivity contribution in [1.82, 2.24) is 10.6 Å². The first kappa shape index (κ1) is 13.7. The molecule has 0 unspecified atom stereocenters. The summed E-state index contributed by atoms with van der Waals surface area (Å²) in [6, 6.07) is -0.489. The van der Waals surface area contributed by atoms with Crippen molar-refractivity contribution in [2.24, 2.45) is 0 Å². The van der Waals surface area contributed by atoms with Gasteiger partial charge in [0.25, 0.3) is 0 Å². The average molecular weight is 218 g/mol. The highest BCUT2D eigenvalue weighted by Gasteiger charge is 2.01. The van der Waals surface area contributed by atoms with Crippen molar-refractivity contribution in [1.29, 1.82) is 0 Å². The number of hydrogen-bond donors (Lipinski definition) is 3. The Morgan fingerprint density at radius 3 is 2.60 bits per heavy atom. The first-order chi connectivity index (χ1) is 7.16. The number of carboxylic acid groups (broad SMARTS) is 1. The van der Waals surface area contributed by atoms with E-state index < -0.39 is 12.0 Å². The third-order valence-electron chi connectivity index (χ3n) is 1.57. The molecule has 15 heavy (non-hydrogen) atoms. The third kappa shape index (κ3) is 10.6. The number of rotatable bonds is 8. The molecule has 0 aromatic rings. The predicted molar refractivity (Wildman–Crippen MR) is 54.8 cm³/mol. The van der Waals surface area contributed by atoms with E-state index in [1.165, 1.54) is 0 Å². The number of carboxylic acids is 1. The van der Waals surface area contributed by atoms with Crippen molar-refractivity contribution < 1.29 is 19.4 Å². The van der Waals surface area contributed by atoms with Gasteiger partial charge in [-0.1, -0.05) is 13.3 Å². The Hall–Kier alpha value is -1.30. The van der Waals surface area contributed by atoms with Gasteiger partial charge in [0.2, 0.25) is 0 Å². The number of aliphatic carboxylic acids is 1. The lowest BCUT2D eigenvalue weighted by atomic mass is 10.4. The van der Waals surface area contributed by atoms with Crippen LogP contribution >= 0.6 is 0 Å². The highest BCUT2D eigenvalue weighted by atomic mass is 16.5. The fourth-order valence-corrected chi connectivity index (χ4v) is 0.804. The summed E-state index contributed by atoms with van der Waals surface area (Å²) in [6.07, 6.45) is 2.08. The first-order valence-electron chi connectivity index (χ1n) is 4.98. The number of urea groups is 1. The van der Waals surface area contributed by atoms with Gasteiger partial charge in [0.15, 0.2) is 0 Å². The van der Waals surface area contributed by atoms with E-state index in [-0.39, 0.29) is 6.54 Å². The Morgan fingerprint density at radius 1 is 1.27 bits per heavy atom. The van der Waals surface area contributed by atoms with Gasteiger partial charge in [-0.05, 0) is 6.42 Å². The van der Waals surface area contributed by atoms with E-state index in [0.29, 0.717) is 19.8 Å². The molecule has 2 amide bonds. The molecule has 0 fully saturated rings. The Bertz CT molecular complexity index is 197. The van der Waals surface area contributed by atoms with Crippen molar-refractivity contribution in [3.8, 4) is 0 Å². The second-order valence-corrected chi connectivity index (χ2v) is 2.97. The molecule has 0 atom stereocenters. The Kier molecular flexibility index (Phi) is 8.46. The van der Waals surface area contributed by atoms with Gasteiger partial charge in [-0.15, -0.1) is 0 Å². The average Bonchev–Trinajstić information content (AvgIpc) is 2.20. The van der Waals surface area contributed by atoms with Crippen LogP contribution in [0.15, 0.2) is 0 Å². The van der Waals surface area contributed by atoms with Crippen LogP contribution in [0.25, 0.3) is 0 Å². The monoisotopic (exact) mass is 218 g/mol. The third-order valence-corrected chi connectivity index (χ3v) is 1.57. The SMILES string of the molecule is CCCCOCCNC(=O)NCC(=O)O. The van der Waals surface area contributed by atoms with E-state index in [1.54, 1.807) is 0 Å². The molecule has 0 rings (SSSR count). The summed E-state index contributed by atoms with van der Waals surface area (Å²) in [5, 5.41) is 12.9. The molecular formula is C9H18N2O4. The Balaban J connectivity index is 3.20. The molecule has 3 N–H and O–H groups in total. The standard InChI is InChI=1S/C9H18N2O4/c1-2-3-5-15-6-4-10-9(14)11-7-8(12)13/h2-7H2,1H3,(H,12,13)(H2,10,11,14). The summed E-state index contributed by atoms with van der Waals surface area (Å²) < 4.78 is 5.19. The van der Waals surface area contributed by atoms with Crippen molar-refractivity contribution in [3.63, 3.8) is 0 Å². The fraction of sp³-hybridized carbons (Fsp3) is 0.778. The quantitative estimate of drug-likeness (QED) is 0.507. The highest BCUT2D eigenvalue weighted by Crippen LogP contribution is 1.86. The summed E-state index contributed by atoms with van der Waals surface area (Å²) in [5.41, 5.74) is 0. The molecule has 0 saturated carbocycles. The predicted octanol–water partition coefficient (Wildman–Crippen LogP) is 0.187. The van der Waals surface area contributed by atoms with Crippen molar-refractivity contribution in [2.45, 2.75) is 19.8 Å². The number of carbonyl (C=O) groups excluding carboxylic acids is 1. The van der Waals surface area contributed by atoms with Crippen molar-refractivity contribution in [3.05, 3.63) is 0 Å². The van der Waals surface area contributed by atoms with Crippen LogP contribution in [0.4, 0.5) is 4.79 Å². The van der Waals surface area contributed by atoms with Crippen LogP contribution in [-0.2, 0) is 9.53 Å². The zero-order chi connectivity index (χ0) is 11.5. The van der Waals surface area contributed by atoms with E-state index in [1.807, 2.05) is 0 Å². The number of amides is 2. The summed E-state index contributed by atoms with van der Waals surface area (Å²) in [6.45, 7) is 3.22. The number of hydrogen-bond acceptors (Lipinski definition) is 3.